The number of carbonyl (C=O) groups excluding carboxylic acids is 1. The zero-order valence-corrected chi connectivity index (χ0v) is 10.3. The van der Waals surface area contributed by atoms with Gasteiger partial charge in [-0.05, 0) is 12.8 Å². The van der Waals surface area contributed by atoms with E-state index in [1.807, 2.05) is 0 Å². The van der Waals surface area contributed by atoms with Crippen molar-refractivity contribution in [1.82, 2.24) is 14.9 Å². The van der Waals surface area contributed by atoms with Gasteiger partial charge in [0.2, 0.25) is 0 Å². The van der Waals surface area contributed by atoms with Crippen molar-refractivity contribution in [1.29, 1.82) is 0 Å². The van der Waals surface area contributed by atoms with E-state index in [9.17, 15) is 9.59 Å². The van der Waals surface area contributed by atoms with Gasteiger partial charge in [0.1, 0.15) is 10.8 Å². The number of carboxylic acids is 1. The number of carbonyl (C=O) groups is 2. The molecule has 6 nitrogen and oxygen atoms in total. The minimum atomic E-state index is -0.871. The largest absolute Gasteiger partial charge is 0.481 e. The fraction of sp³-hybridized carbons (Fsp3) is 0.455. The monoisotopic (exact) mass is 269 g/mol. The lowest BCUT2D eigenvalue weighted by Gasteiger charge is -2.30. The fourth-order valence-electron chi connectivity index (χ4n) is 1.97. The van der Waals surface area contributed by atoms with Crippen LogP contribution in [0.25, 0.3) is 0 Å². The first-order valence-electron chi connectivity index (χ1n) is 5.57. The minimum absolute atomic E-state index is 0.146. The van der Waals surface area contributed by atoms with Gasteiger partial charge in [0, 0.05) is 13.1 Å². The Morgan fingerprint density at radius 3 is 2.89 bits per heavy atom. The van der Waals surface area contributed by atoms with Crippen LogP contribution in [0.2, 0.25) is 5.15 Å². The van der Waals surface area contributed by atoms with Gasteiger partial charge in [0.25, 0.3) is 5.91 Å². The Hall–Kier alpha value is -1.69. The van der Waals surface area contributed by atoms with E-state index in [-0.39, 0.29) is 23.3 Å². The van der Waals surface area contributed by atoms with Crippen LogP contribution in [-0.4, -0.2) is 44.9 Å². The van der Waals surface area contributed by atoms with Gasteiger partial charge in [0.05, 0.1) is 18.3 Å². The van der Waals surface area contributed by atoms with Gasteiger partial charge in [-0.15, -0.1) is 0 Å². The molecule has 1 aromatic heterocycles. The van der Waals surface area contributed by atoms with Gasteiger partial charge in [0.15, 0.2) is 0 Å². The smallest absolute Gasteiger partial charge is 0.308 e. The SMILES string of the molecule is O=C(O)[C@H]1CCCN(C(=O)c2cncc(Cl)n2)C1. The number of halogens is 1. The zero-order valence-electron chi connectivity index (χ0n) is 9.54. The van der Waals surface area contributed by atoms with Gasteiger partial charge < -0.3 is 10.0 Å². The lowest BCUT2D eigenvalue weighted by Crippen LogP contribution is -2.42. The fourth-order valence-corrected chi connectivity index (χ4v) is 2.12. The molecule has 1 aliphatic heterocycles. The molecule has 0 aliphatic carbocycles. The molecule has 1 atom stereocenters. The van der Waals surface area contributed by atoms with Crippen molar-refractivity contribution in [3.63, 3.8) is 0 Å². The van der Waals surface area contributed by atoms with Crippen LogP contribution >= 0.6 is 11.6 Å². The molecule has 1 N–H and O–H groups in total. The summed E-state index contributed by atoms with van der Waals surface area (Å²) in [5.41, 5.74) is 0.147. The second-order valence-corrected chi connectivity index (χ2v) is 4.54. The van der Waals surface area contributed by atoms with E-state index in [1.54, 1.807) is 0 Å². The molecule has 1 aliphatic rings. The predicted octanol–water partition coefficient (Wildman–Crippen LogP) is 1.07. The molecule has 1 saturated heterocycles. The maximum Gasteiger partial charge on any atom is 0.308 e. The molecule has 96 valence electrons. The van der Waals surface area contributed by atoms with Gasteiger partial charge in [-0.3, -0.25) is 14.6 Å². The first-order valence-corrected chi connectivity index (χ1v) is 5.95. The maximum absolute atomic E-state index is 12.1. The molecular weight excluding hydrogens is 258 g/mol. The number of hydrogen-bond acceptors (Lipinski definition) is 4. The van der Waals surface area contributed by atoms with E-state index in [1.165, 1.54) is 17.3 Å². The van der Waals surface area contributed by atoms with Crippen molar-refractivity contribution in [2.45, 2.75) is 12.8 Å². The molecule has 1 aromatic rings. The summed E-state index contributed by atoms with van der Waals surface area (Å²) in [6, 6.07) is 0. The Labute approximate surface area is 109 Å². The van der Waals surface area contributed by atoms with Crippen LogP contribution in [0.3, 0.4) is 0 Å². The number of piperidine rings is 1. The predicted molar refractivity (Wildman–Crippen MR) is 63.3 cm³/mol. The number of amides is 1. The van der Waals surface area contributed by atoms with Crippen molar-refractivity contribution in [3.8, 4) is 0 Å². The number of carboxylic acid groups (broad SMARTS) is 1. The van der Waals surface area contributed by atoms with Gasteiger partial charge in [-0.25, -0.2) is 4.98 Å². The number of aliphatic carboxylic acids is 1. The number of aromatic nitrogens is 2. The topological polar surface area (TPSA) is 83.4 Å². The first-order chi connectivity index (χ1) is 8.58. The summed E-state index contributed by atoms with van der Waals surface area (Å²) in [7, 11) is 0. The van der Waals surface area contributed by atoms with Gasteiger partial charge in [-0.2, -0.15) is 0 Å². The Balaban J connectivity index is 2.11. The molecule has 2 rings (SSSR count). The van der Waals surface area contributed by atoms with Crippen LogP contribution in [0.15, 0.2) is 12.4 Å². The molecule has 0 saturated carbocycles. The molecule has 0 aromatic carbocycles. The highest BCUT2D eigenvalue weighted by atomic mass is 35.5. The Morgan fingerprint density at radius 1 is 1.44 bits per heavy atom. The molecule has 7 heteroatoms. The average Bonchev–Trinajstić information content (AvgIpc) is 2.38. The number of rotatable bonds is 2. The number of likely N-dealkylation sites (tertiary alicyclic amines) is 1. The van der Waals surface area contributed by atoms with Gasteiger partial charge >= 0.3 is 5.97 Å². The van der Waals surface area contributed by atoms with Crippen molar-refractivity contribution in [2.75, 3.05) is 13.1 Å². The molecular formula is C11H12ClN3O3. The summed E-state index contributed by atoms with van der Waals surface area (Å²) in [6.45, 7) is 0.749. The highest BCUT2D eigenvalue weighted by Gasteiger charge is 2.29. The summed E-state index contributed by atoms with van der Waals surface area (Å²) in [5, 5.41) is 9.11. The standard InChI is InChI=1S/C11H12ClN3O3/c12-9-5-13-4-8(14-9)10(16)15-3-1-2-7(6-15)11(17)18/h4-5,7H,1-3,6H2,(H,17,18)/t7-/m0/s1. The number of nitrogens with zero attached hydrogens (tertiary/aromatic N) is 3. The molecule has 0 bridgehead atoms. The van der Waals surface area contributed by atoms with Crippen LogP contribution in [-0.2, 0) is 4.79 Å². The summed E-state index contributed by atoms with van der Waals surface area (Å²) < 4.78 is 0. The third kappa shape index (κ3) is 2.76. The third-order valence-electron chi connectivity index (χ3n) is 2.88. The Kier molecular flexibility index (Phi) is 3.76. The average molecular weight is 270 g/mol. The number of hydrogen-bond donors (Lipinski definition) is 1. The third-order valence-corrected chi connectivity index (χ3v) is 3.06. The van der Waals surface area contributed by atoms with E-state index >= 15 is 0 Å². The second kappa shape index (κ2) is 5.30. The van der Waals surface area contributed by atoms with Crippen molar-refractivity contribution in [3.05, 3.63) is 23.2 Å². The van der Waals surface area contributed by atoms with E-state index in [4.69, 9.17) is 16.7 Å². The maximum atomic E-state index is 12.1. The van der Waals surface area contributed by atoms with Crippen LogP contribution in [0.1, 0.15) is 23.3 Å². The van der Waals surface area contributed by atoms with Crippen LogP contribution in [0.4, 0.5) is 0 Å². The lowest BCUT2D eigenvalue weighted by molar-refractivity contribution is -0.143. The molecule has 2 heterocycles. The lowest BCUT2D eigenvalue weighted by atomic mass is 9.98. The highest BCUT2D eigenvalue weighted by Crippen LogP contribution is 2.18. The van der Waals surface area contributed by atoms with Crippen molar-refractivity contribution < 1.29 is 14.7 Å². The van der Waals surface area contributed by atoms with E-state index in [2.05, 4.69) is 9.97 Å². The van der Waals surface area contributed by atoms with E-state index in [0.29, 0.717) is 19.4 Å². The minimum Gasteiger partial charge on any atom is -0.481 e. The highest BCUT2D eigenvalue weighted by molar-refractivity contribution is 6.29. The van der Waals surface area contributed by atoms with E-state index < -0.39 is 11.9 Å². The van der Waals surface area contributed by atoms with Crippen LogP contribution in [0, 0.1) is 5.92 Å². The second-order valence-electron chi connectivity index (χ2n) is 4.16. The molecule has 18 heavy (non-hydrogen) atoms. The quantitative estimate of drug-likeness (QED) is 0.868. The molecule has 1 fully saturated rings. The Morgan fingerprint density at radius 2 is 2.22 bits per heavy atom. The molecule has 0 radical (unpaired) electrons. The normalized spacial score (nSPS) is 19.6. The first kappa shape index (κ1) is 12.8. The van der Waals surface area contributed by atoms with Crippen molar-refractivity contribution >= 4 is 23.5 Å². The summed E-state index contributed by atoms with van der Waals surface area (Å²) in [6.07, 6.45) is 3.95. The summed E-state index contributed by atoms with van der Waals surface area (Å²) in [5.74, 6) is -1.70. The van der Waals surface area contributed by atoms with Crippen LogP contribution in [0.5, 0.6) is 0 Å². The molecule has 0 unspecified atom stereocenters. The zero-order chi connectivity index (χ0) is 13.1. The summed E-state index contributed by atoms with van der Waals surface area (Å²) in [4.78, 5) is 32.2. The van der Waals surface area contributed by atoms with Crippen LogP contribution < -0.4 is 0 Å². The Bertz CT molecular complexity index is 480. The van der Waals surface area contributed by atoms with E-state index in [0.717, 1.165) is 0 Å². The molecule has 0 spiro atoms. The van der Waals surface area contributed by atoms with Crippen molar-refractivity contribution in [2.24, 2.45) is 5.92 Å². The van der Waals surface area contributed by atoms with Gasteiger partial charge in [-0.1, -0.05) is 11.6 Å². The molecule has 1 amide bonds. The summed E-state index contributed by atoms with van der Waals surface area (Å²) >= 11 is 5.67.